The lowest BCUT2D eigenvalue weighted by Gasteiger charge is -2.16. The molecule has 0 atom stereocenters. The van der Waals surface area contributed by atoms with E-state index < -0.39 is 0 Å². The third-order valence-electron chi connectivity index (χ3n) is 3.37. The minimum absolute atomic E-state index is 0.165. The predicted octanol–water partition coefficient (Wildman–Crippen LogP) is 4.20. The molecule has 2 heteroatoms. The lowest BCUT2D eigenvalue weighted by Crippen LogP contribution is -2.14. The Morgan fingerprint density at radius 2 is 1.74 bits per heavy atom. The van der Waals surface area contributed by atoms with Crippen molar-refractivity contribution in [1.82, 2.24) is 0 Å². The zero-order chi connectivity index (χ0) is 13.6. The average molecular weight is 252 g/mol. The summed E-state index contributed by atoms with van der Waals surface area (Å²) >= 11 is 0. The Balaban J connectivity index is 2.43. The van der Waals surface area contributed by atoms with Crippen LogP contribution in [0.25, 0.3) is 21.9 Å². The van der Waals surface area contributed by atoms with Crippen LogP contribution in [0, 0.1) is 0 Å². The molecule has 0 amide bonds. The molecule has 0 saturated heterocycles. The highest BCUT2D eigenvalue weighted by Gasteiger charge is 2.21. The molecule has 0 unspecified atom stereocenters. The van der Waals surface area contributed by atoms with Gasteiger partial charge in [0.15, 0.2) is 0 Å². The highest BCUT2D eigenvalue weighted by atomic mass is 16.4. The van der Waals surface area contributed by atoms with Crippen LogP contribution in [0.1, 0.15) is 26.5 Å². The summed E-state index contributed by atoms with van der Waals surface area (Å²) in [5.41, 5.74) is 1.61. The molecule has 1 aromatic rings. The SMILES string of the molecule is CC(C)(C)c1cc2cc3cccccc-3c2c(=O)o1. The summed E-state index contributed by atoms with van der Waals surface area (Å²) in [5.74, 6) is 0.727. The molecule has 96 valence electrons. The molecule has 2 aliphatic rings. The van der Waals surface area contributed by atoms with Gasteiger partial charge >= 0.3 is 5.63 Å². The number of fused-ring (bicyclic) bond motifs is 3. The second kappa shape index (κ2) is 3.95. The van der Waals surface area contributed by atoms with E-state index in [-0.39, 0.29) is 11.0 Å². The highest BCUT2D eigenvalue weighted by molar-refractivity contribution is 6.01. The normalized spacial score (nSPS) is 12.2. The summed E-state index contributed by atoms with van der Waals surface area (Å²) in [6, 6.07) is 13.9. The maximum atomic E-state index is 12.3. The highest BCUT2D eigenvalue weighted by Crippen LogP contribution is 2.33. The number of hydrogen-bond donors (Lipinski definition) is 0. The molecule has 3 rings (SSSR count). The van der Waals surface area contributed by atoms with Gasteiger partial charge in [-0.25, -0.2) is 4.79 Å². The van der Waals surface area contributed by atoms with Crippen LogP contribution in [-0.2, 0) is 5.41 Å². The molecule has 0 fully saturated rings. The van der Waals surface area contributed by atoms with E-state index in [1.807, 2.05) is 57.2 Å². The predicted molar refractivity (Wildman–Crippen MR) is 77.8 cm³/mol. The summed E-state index contributed by atoms with van der Waals surface area (Å²) in [6.07, 6.45) is 0. The molecule has 0 aromatic carbocycles. The van der Waals surface area contributed by atoms with Gasteiger partial charge in [0.2, 0.25) is 0 Å². The van der Waals surface area contributed by atoms with Gasteiger partial charge in [-0.3, -0.25) is 0 Å². The molecule has 0 spiro atoms. The van der Waals surface area contributed by atoms with Gasteiger partial charge in [0, 0.05) is 5.41 Å². The van der Waals surface area contributed by atoms with E-state index >= 15 is 0 Å². The van der Waals surface area contributed by atoms with Gasteiger partial charge in [-0.05, 0) is 28.6 Å². The molecular formula is C17H16O2. The van der Waals surface area contributed by atoms with Crippen LogP contribution in [0.3, 0.4) is 0 Å². The molecule has 0 bridgehead atoms. The van der Waals surface area contributed by atoms with E-state index in [2.05, 4.69) is 6.07 Å². The van der Waals surface area contributed by atoms with Crippen molar-refractivity contribution in [3.8, 4) is 11.1 Å². The Labute approximate surface area is 112 Å². The molecule has 0 saturated carbocycles. The van der Waals surface area contributed by atoms with Crippen LogP contribution in [0.2, 0.25) is 0 Å². The fourth-order valence-electron chi connectivity index (χ4n) is 2.34. The number of rotatable bonds is 0. The van der Waals surface area contributed by atoms with Crippen molar-refractivity contribution in [1.29, 1.82) is 0 Å². The molecule has 1 aromatic heterocycles. The minimum atomic E-state index is -0.247. The Bertz CT molecular complexity index is 775. The first-order chi connectivity index (χ1) is 8.97. The molecule has 0 aliphatic heterocycles. The average Bonchev–Trinajstić information content (AvgIpc) is 2.51. The molecule has 1 heterocycles. The zero-order valence-electron chi connectivity index (χ0n) is 11.4. The van der Waals surface area contributed by atoms with Crippen molar-refractivity contribution in [2.45, 2.75) is 26.2 Å². The van der Waals surface area contributed by atoms with Crippen LogP contribution in [0.15, 0.2) is 51.7 Å². The third kappa shape index (κ3) is 1.93. The first-order valence-corrected chi connectivity index (χ1v) is 6.43. The van der Waals surface area contributed by atoms with E-state index in [9.17, 15) is 4.79 Å². The van der Waals surface area contributed by atoms with Gasteiger partial charge in [-0.15, -0.1) is 0 Å². The van der Waals surface area contributed by atoms with Crippen LogP contribution in [0.5, 0.6) is 0 Å². The van der Waals surface area contributed by atoms with Crippen molar-refractivity contribution in [3.05, 3.63) is 58.6 Å². The molecule has 19 heavy (non-hydrogen) atoms. The first kappa shape index (κ1) is 12.0. The first-order valence-electron chi connectivity index (χ1n) is 6.43. The smallest absolute Gasteiger partial charge is 0.344 e. The van der Waals surface area contributed by atoms with Crippen molar-refractivity contribution < 1.29 is 4.42 Å². The third-order valence-corrected chi connectivity index (χ3v) is 3.37. The lowest BCUT2D eigenvalue weighted by molar-refractivity contribution is 0.382. The number of hydrogen-bond acceptors (Lipinski definition) is 2. The summed E-state index contributed by atoms with van der Waals surface area (Å²) in [6.45, 7) is 6.12. The fraction of sp³-hybridized carbons (Fsp3) is 0.235. The largest absolute Gasteiger partial charge is 0.427 e. The van der Waals surface area contributed by atoms with Gasteiger partial charge in [0.1, 0.15) is 5.76 Å². The quantitative estimate of drug-likeness (QED) is 0.600. The lowest BCUT2D eigenvalue weighted by atomic mass is 9.92. The van der Waals surface area contributed by atoms with Crippen molar-refractivity contribution in [2.75, 3.05) is 0 Å². The van der Waals surface area contributed by atoms with E-state index in [1.54, 1.807) is 0 Å². The van der Waals surface area contributed by atoms with Crippen molar-refractivity contribution in [2.24, 2.45) is 0 Å². The Kier molecular flexibility index (Phi) is 2.49. The zero-order valence-corrected chi connectivity index (χ0v) is 11.4. The van der Waals surface area contributed by atoms with Crippen LogP contribution in [0.4, 0.5) is 0 Å². The fourth-order valence-corrected chi connectivity index (χ4v) is 2.34. The summed E-state index contributed by atoms with van der Waals surface area (Å²) in [4.78, 5) is 12.3. The minimum Gasteiger partial charge on any atom is -0.427 e. The summed E-state index contributed by atoms with van der Waals surface area (Å²) in [7, 11) is 0. The van der Waals surface area contributed by atoms with E-state index in [0.717, 1.165) is 22.3 Å². The van der Waals surface area contributed by atoms with Gasteiger partial charge in [0.25, 0.3) is 0 Å². The van der Waals surface area contributed by atoms with Gasteiger partial charge in [-0.1, -0.05) is 51.1 Å². The van der Waals surface area contributed by atoms with Crippen molar-refractivity contribution in [3.63, 3.8) is 0 Å². The van der Waals surface area contributed by atoms with E-state index in [0.29, 0.717) is 5.39 Å². The molecule has 2 nitrogen and oxygen atoms in total. The molecular weight excluding hydrogens is 236 g/mol. The van der Waals surface area contributed by atoms with Gasteiger partial charge in [-0.2, -0.15) is 0 Å². The Morgan fingerprint density at radius 3 is 2.47 bits per heavy atom. The Hall–Kier alpha value is -2.09. The maximum Gasteiger partial charge on any atom is 0.344 e. The standard InChI is InChI=1S/C17H16O2/c1-17(2,3)14-10-12-9-11-7-5-4-6-8-13(11)15(12)16(18)19-14/h4-10H,1-3H3. The second-order valence-electron chi connectivity index (χ2n) is 5.90. The van der Waals surface area contributed by atoms with Crippen LogP contribution < -0.4 is 5.63 Å². The van der Waals surface area contributed by atoms with Crippen LogP contribution >= 0.6 is 0 Å². The Morgan fingerprint density at radius 1 is 1.00 bits per heavy atom. The summed E-state index contributed by atoms with van der Waals surface area (Å²) in [5, 5.41) is 1.64. The van der Waals surface area contributed by atoms with E-state index in [4.69, 9.17) is 4.42 Å². The molecule has 2 aliphatic carbocycles. The monoisotopic (exact) mass is 252 g/mol. The van der Waals surface area contributed by atoms with E-state index in [1.165, 1.54) is 0 Å². The van der Waals surface area contributed by atoms with Gasteiger partial charge < -0.3 is 4.42 Å². The van der Waals surface area contributed by atoms with Crippen LogP contribution in [-0.4, -0.2) is 0 Å². The molecule has 0 radical (unpaired) electrons. The maximum absolute atomic E-state index is 12.3. The summed E-state index contributed by atoms with van der Waals surface area (Å²) < 4.78 is 5.50. The van der Waals surface area contributed by atoms with Gasteiger partial charge in [0.05, 0.1) is 5.39 Å². The topological polar surface area (TPSA) is 30.2 Å². The second-order valence-corrected chi connectivity index (χ2v) is 5.90. The molecule has 0 N–H and O–H groups in total. The van der Waals surface area contributed by atoms with Crippen molar-refractivity contribution >= 4 is 10.8 Å².